The molecule has 0 radical (unpaired) electrons. The number of nitrogens with zero attached hydrogens (tertiary/aromatic N) is 1. The van der Waals surface area contributed by atoms with E-state index in [9.17, 15) is 5.11 Å². The Bertz CT molecular complexity index is 1000. The van der Waals surface area contributed by atoms with E-state index in [2.05, 4.69) is 106 Å². The number of benzene rings is 2. The summed E-state index contributed by atoms with van der Waals surface area (Å²) in [5.74, 6) is 0.463. The highest BCUT2D eigenvalue weighted by Gasteiger charge is 2.57. The van der Waals surface area contributed by atoms with Crippen LogP contribution < -0.4 is 0 Å². The van der Waals surface area contributed by atoms with Gasteiger partial charge in [0.1, 0.15) is 5.75 Å². The summed E-state index contributed by atoms with van der Waals surface area (Å²) in [6.45, 7) is 22.8. The van der Waals surface area contributed by atoms with Crippen molar-refractivity contribution in [1.82, 2.24) is 0 Å². The maximum Gasteiger partial charge on any atom is 0.123 e. The van der Waals surface area contributed by atoms with Crippen LogP contribution in [-0.2, 0) is 10.8 Å². The molecule has 1 aliphatic heterocycles. The molecule has 0 spiro atoms. The maximum atomic E-state index is 11.8. The number of hydrogen-bond acceptors (Lipinski definition) is 2. The first-order chi connectivity index (χ1) is 14.6. The van der Waals surface area contributed by atoms with Crippen molar-refractivity contribution in [3.63, 3.8) is 0 Å². The molecule has 2 unspecified atom stereocenters. The van der Waals surface area contributed by atoms with Crippen LogP contribution in [0.3, 0.4) is 0 Å². The van der Waals surface area contributed by atoms with E-state index in [0.29, 0.717) is 5.75 Å². The Morgan fingerprint density at radius 2 is 1.50 bits per heavy atom. The Morgan fingerprint density at radius 3 is 2.00 bits per heavy atom. The van der Waals surface area contributed by atoms with Crippen molar-refractivity contribution in [2.45, 2.75) is 91.6 Å². The zero-order chi connectivity index (χ0) is 24.1. The minimum Gasteiger partial charge on any atom is -0.507 e. The van der Waals surface area contributed by atoms with E-state index in [1.165, 1.54) is 11.0 Å². The molecule has 1 fully saturated rings. The van der Waals surface area contributed by atoms with Crippen molar-refractivity contribution >= 4 is 19.1 Å². The van der Waals surface area contributed by atoms with Crippen LogP contribution in [0.4, 0.5) is 5.69 Å². The molecule has 32 heavy (non-hydrogen) atoms. The summed E-state index contributed by atoms with van der Waals surface area (Å²) in [5, 5.41) is 11.9. The Kier molecular flexibility index (Phi) is 6.46. The van der Waals surface area contributed by atoms with Crippen LogP contribution in [0.2, 0.25) is 0 Å². The Morgan fingerprint density at radius 1 is 0.906 bits per heavy atom. The predicted octanol–water partition coefficient (Wildman–Crippen LogP) is 8.70. The highest BCUT2D eigenvalue weighted by molar-refractivity contribution is 7.77. The van der Waals surface area contributed by atoms with Crippen LogP contribution in [0.15, 0.2) is 47.5 Å². The van der Waals surface area contributed by atoms with Crippen molar-refractivity contribution in [3.8, 4) is 5.75 Å². The SMILES string of the molecule is Cc1cc(C(C)(C)C)c(O)c(C2(C(C)(C)C)CCP(C(C)(C)C)C2=Nc2ccccc2)c1. The molecule has 0 amide bonds. The Labute approximate surface area is 197 Å². The number of rotatable bonds is 2. The predicted molar refractivity (Wildman–Crippen MR) is 142 cm³/mol. The first-order valence-corrected chi connectivity index (χ1v) is 13.4. The maximum absolute atomic E-state index is 11.8. The van der Waals surface area contributed by atoms with Crippen LogP contribution >= 0.6 is 7.92 Å². The molecular formula is C29H42NOP. The second kappa shape index (κ2) is 8.28. The van der Waals surface area contributed by atoms with Crippen LogP contribution in [0.25, 0.3) is 0 Å². The first kappa shape index (κ1) is 25.0. The van der Waals surface area contributed by atoms with E-state index >= 15 is 0 Å². The lowest BCUT2D eigenvalue weighted by molar-refractivity contribution is 0.252. The van der Waals surface area contributed by atoms with Crippen molar-refractivity contribution in [2.75, 3.05) is 6.16 Å². The quantitative estimate of drug-likeness (QED) is 0.455. The second-order valence-electron chi connectivity index (χ2n) is 12.5. The molecule has 2 aromatic carbocycles. The summed E-state index contributed by atoms with van der Waals surface area (Å²) in [5.41, 5.74) is 5.07. The fraction of sp³-hybridized carbons (Fsp3) is 0.552. The molecule has 2 aromatic rings. The number of aliphatic imine (C=N–C) groups is 1. The van der Waals surface area contributed by atoms with Gasteiger partial charge in [-0.25, -0.2) is 0 Å². The fourth-order valence-corrected chi connectivity index (χ4v) is 8.55. The molecule has 174 valence electrons. The summed E-state index contributed by atoms with van der Waals surface area (Å²) in [7, 11) is -0.470. The summed E-state index contributed by atoms with van der Waals surface area (Å²) in [6, 6.07) is 14.8. The number of aryl methyl sites for hydroxylation is 1. The lowest BCUT2D eigenvalue weighted by atomic mass is 9.60. The molecule has 0 aromatic heterocycles. The number of para-hydroxylation sites is 1. The topological polar surface area (TPSA) is 32.6 Å². The smallest absolute Gasteiger partial charge is 0.123 e. The third-order valence-corrected chi connectivity index (χ3v) is 10.2. The minimum atomic E-state index is -0.470. The van der Waals surface area contributed by atoms with Crippen LogP contribution in [0, 0.1) is 12.3 Å². The molecule has 1 aliphatic rings. The van der Waals surface area contributed by atoms with E-state index in [1.54, 1.807) is 0 Å². The minimum absolute atomic E-state index is 0.0939. The standard InChI is InChI=1S/C29H42NOP/c1-20-18-22(26(2,3)4)24(31)23(19-20)29(27(5,6)7)16-17-32(28(8,9)10)25(29)30-21-14-12-11-13-15-21/h11-15,18-19,31H,16-17H2,1-10H3. The van der Waals surface area contributed by atoms with E-state index in [0.717, 1.165) is 29.4 Å². The van der Waals surface area contributed by atoms with Crippen LogP contribution in [0.5, 0.6) is 5.75 Å². The lowest BCUT2D eigenvalue weighted by Gasteiger charge is -2.45. The molecule has 0 aliphatic carbocycles. The third-order valence-electron chi connectivity index (χ3n) is 6.95. The molecule has 2 nitrogen and oxygen atoms in total. The summed E-state index contributed by atoms with van der Waals surface area (Å²) in [6.07, 6.45) is 2.16. The number of phenolic OH excluding ortho intramolecular Hbond substituents is 1. The molecule has 1 heterocycles. The molecule has 0 saturated carbocycles. The van der Waals surface area contributed by atoms with Crippen LogP contribution in [-0.4, -0.2) is 21.9 Å². The van der Waals surface area contributed by atoms with Gasteiger partial charge in [-0.15, -0.1) is 0 Å². The monoisotopic (exact) mass is 451 g/mol. The number of hydrogen-bond donors (Lipinski definition) is 1. The fourth-order valence-electron chi connectivity index (χ4n) is 5.21. The largest absolute Gasteiger partial charge is 0.507 e. The summed E-state index contributed by atoms with van der Waals surface area (Å²) < 4.78 is 0. The molecule has 3 heteroatoms. The van der Waals surface area contributed by atoms with Gasteiger partial charge in [-0.3, -0.25) is 4.99 Å². The van der Waals surface area contributed by atoms with Crippen LogP contribution in [0.1, 0.15) is 85.4 Å². The average molecular weight is 452 g/mol. The Balaban J connectivity index is 2.41. The molecule has 3 rings (SSSR count). The normalized spacial score (nSPS) is 23.7. The van der Waals surface area contributed by atoms with Gasteiger partial charge < -0.3 is 5.11 Å². The molecule has 2 atom stereocenters. The van der Waals surface area contributed by atoms with Gasteiger partial charge in [0.25, 0.3) is 0 Å². The zero-order valence-corrected chi connectivity index (χ0v) is 22.7. The van der Waals surface area contributed by atoms with E-state index < -0.39 is 7.92 Å². The third kappa shape index (κ3) is 4.41. The van der Waals surface area contributed by atoms with Gasteiger partial charge in [-0.1, -0.05) is 106 Å². The van der Waals surface area contributed by atoms with Crippen molar-refractivity contribution in [1.29, 1.82) is 0 Å². The van der Waals surface area contributed by atoms with Gasteiger partial charge >= 0.3 is 0 Å². The molecular weight excluding hydrogens is 409 g/mol. The highest BCUT2D eigenvalue weighted by atomic mass is 31.1. The van der Waals surface area contributed by atoms with Gasteiger partial charge in [0.2, 0.25) is 0 Å². The molecule has 0 bridgehead atoms. The van der Waals surface area contributed by atoms with E-state index in [-0.39, 0.29) is 21.4 Å². The van der Waals surface area contributed by atoms with Gasteiger partial charge in [0.05, 0.1) is 11.1 Å². The summed E-state index contributed by atoms with van der Waals surface area (Å²) >= 11 is 0. The summed E-state index contributed by atoms with van der Waals surface area (Å²) in [4.78, 5) is 5.40. The second-order valence-corrected chi connectivity index (χ2v) is 15.5. The zero-order valence-electron chi connectivity index (χ0n) is 21.8. The number of aromatic hydroxyl groups is 1. The average Bonchev–Trinajstić information content (AvgIpc) is 3.03. The molecule has 1 saturated heterocycles. The van der Waals surface area contributed by atoms with E-state index in [4.69, 9.17) is 4.99 Å². The van der Waals surface area contributed by atoms with Crippen molar-refractivity contribution in [2.24, 2.45) is 10.4 Å². The Hall–Kier alpha value is -1.66. The van der Waals surface area contributed by atoms with E-state index in [1.807, 2.05) is 6.07 Å². The molecule has 1 N–H and O–H groups in total. The number of phenols is 1. The van der Waals surface area contributed by atoms with Crippen molar-refractivity contribution < 1.29 is 5.11 Å². The lowest BCUT2D eigenvalue weighted by Crippen LogP contribution is -2.44. The van der Waals surface area contributed by atoms with Gasteiger partial charge in [-0.2, -0.15) is 0 Å². The van der Waals surface area contributed by atoms with Gasteiger partial charge in [0.15, 0.2) is 0 Å². The van der Waals surface area contributed by atoms with Crippen molar-refractivity contribution in [3.05, 3.63) is 59.2 Å². The van der Waals surface area contributed by atoms with Gasteiger partial charge in [-0.05, 0) is 53.2 Å². The first-order valence-electron chi connectivity index (χ1n) is 11.9. The van der Waals surface area contributed by atoms with Gasteiger partial charge in [0, 0.05) is 11.0 Å². The highest BCUT2D eigenvalue weighted by Crippen LogP contribution is 2.68.